The fourth-order valence-electron chi connectivity index (χ4n) is 1.55. The minimum Gasteiger partial charge on any atom is -0.480 e. The van der Waals surface area contributed by atoms with E-state index in [4.69, 9.17) is 5.11 Å². The first kappa shape index (κ1) is 14.2. The van der Waals surface area contributed by atoms with Crippen molar-refractivity contribution in [3.63, 3.8) is 0 Å². The second kappa shape index (κ2) is 6.76. The molecule has 1 aromatic rings. The molecule has 5 heteroatoms. The van der Waals surface area contributed by atoms with E-state index >= 15 is 0 Å². The van der Waals surface area contributed by atoms with Gasteiger partial charge in [-0.25, -0.2) is 4.79 Å². The number of likely N-dealkylation sites (N-methyl/N-ethyl adjacent to an activating group) is 1. The maximum Gasteiger partial charge on any atom is 0.330 e. The van der Waals surface area contributed by atoms with Crippen molar-refractivity contribution in [2.75, 3.05) is 13.6 Å². The molecular formula is C13H18N2O3. The minimum atomic E-state index is -1.19. The summed E-state index contributed by atoms with van der Waals surface area (Å²) in [6.07, 6.45) is 0.683. The van der Waals surface area contributed by atoms with Gasteiger partial charge in [-0.2, -0.15) is 0 Å². The van der Waals surface area contributed by atoms with Gasteiger partial charge in [-0.1, -0.05) is 29.8 Å². The number of carboxylic acids is 1. The number of benzene rings is 1. The summed E-state index contributed by atoms with van der Waals surface area (Å²) >= 11 is 0. The summed E-state index contributed by atoms with van der Waals surface area (Å²) < 4.78 is 0. The molecule has 0 radical (unpaired) electrons. The molecule has 3 N–H and O–H groups in total. The Hall–Kier alpha value is -1.88. The van der Waals surface area contributed by atoms with E-state index in [0.717, 1.165) is 5.56 Å². The number of hydrogen-bond donors (Lipinski definition) is 3. The number of carbonyl (C=O) groups excluding carboxylic acids is 1. The molecule has 1 aromatic carbocycles. The van der Waals surface area contributed by atoms with Crippen LogP contribution in [-0.2, 0) is 16.0 Å². The van der Waals surface area contributed by atoms with Gasteiger partial charge in [-0.15, -0.1) is 0 Å². The predicted molar refractivity (Wildman–Crippen MR) is 68.4 cm³/mol. The van der Waals surface area contributed by atoms with Crippen molar-refractivity contribution in [2.45, 2.75) is 19.4 Å². The highest BCUT2D eigenvalue weighted by molar-refractivity contribution is 6.01. The Labute approximate surface area is 106 Å². The molecule has 98 valence electrons. The summed E-state index contributed by atoms with van der Waals surface area (Å²) in [7, 11) is 1.44. The number of rotatable bonds is 6. The fraction of sp³-hybridized carbons (Fsp3) is 0.385. The normalized spacial score (nSPS) is 11.9. The molecule has 1 rings (SSSR count). The third-order valence-corrected chi connectivity index (χ3v) is 2.63. The Morgan fingerprint density at radius 1 is 1.28 bits per heavy atom. The molecule has 0 fully saturated rings. The smallest absolute Gasteiger partial charge is 0.330 e. The molecule has 1 amide bonds. The average Bonchev–Trinajstić information content (AvgIpc) is 2.32. The second-order valence-electron chi connectivity index (χ2n) is 4.09. The largest absolute Gasteiger partial charge is 0.480 e. The van der Waals surface area contributed by atoms with Gasteiger partial charge in [-0.05, 0) is 26.0 Å². The molecule has 0 aliphatic heterocycles. The third-order valence-electron chi connectivity index (χ3n) is 2.63. The van der Waals surface area contributed by atoms with Gasteiger partial charge in [0, 0.05) is 6.54 Å². The lowest BCUT2D eigenvalue weighted by molar-refractivity contribution is -0.143. The number of aliphatic carboxylic acids is 1. The van der Waals surface area contributed by atoms with Crippen LogP contribution in [0.1, 0.15) is 11.1 Å². The molecule has 1 unspecified atom stereocenters. The molecular weight excluding hydrogens is 232 g/mol. The Kier molecular flexibility index (Phi) is 5.32. The van der Waals surface area contributed by atoms with Crippen LogP contribution in [-0.4, -0.2) is 36.6 Å². The zero-order chi connectivity index (χ0) is 13.5. The van der Waals surface area contributed by atoms with E-state index in [2.05, 4.69) is 10.6 Å². The standard InChI is InChI=1S/C13H18N2O3/c1-9-3-5-10(6-4-9)7-8-15-12(16)11(14-2)13(17)18/h3-6,11,14H,7-8H2,1-2H3,(H,15,16)(H,17,18). The van der Waals surface area contributed by atoms with E-state index in [1.54, 1.807) is 0 Å². The summed E-state index contributed by atoms with van der Waals surface area (Å²) in [4.78, 5) is 22.2. The van der Waals surface area contributed by atoms with Gasteiger partial charge in [0.05, 0.1) is 0 Å². The van der Waals surface area contributed by atoms with Crippen molar-refractivity contribution in [2.24, 2.45) is 0 Å². The van der Waals surface area contributed by atoms with Gasteiger partial charge in [0.2, 0.25) is 5.91 Å². The van der Waals surface area contributed by atoms with Crippen molar-refractivity contribution in [1.82, 2.24) is 10.6 Å². The maximum atomic E-state index is 11.5. The van der Waals surface area contributed by atoms with Crippen molar-refractivity contribution >= 4 is 11.9 Å². The van der Waals surface area contributed by atoms with Crippen LogP contribution in [0.5, 0.6) is 0 Å². The molecule has 18 heavy (non-hydrogen) atoms. The van der Waals surface area contributed by atoms with Gasteiger partial charge in [0.1, 0.15) is 0 Å². The molecule has 0 aromatic heterocycles. The average molecular weight is 250 g/mol. The predicted octanol–water partition coefficient (Wildman–Crippen LogP) is 0.326. The third kappa shape index (κ3) is 4.18. The highest BCUT2D eigenvalue weighted by atomic mass is 16.4. The van der Waals surface area contributed by atoms with Gasteiger partial charge in [0.15, 0.2) is 6.04 Å². The molecule has 0 aliphatic carbocycles. The van der Waals surface area contributed by atoms with E-state index < -0.39 is 17.9 Å². The molecule has 0 saturated carbocycles. The summed E-state index contributed by atoms with van der Waals surface area (Å²) in [5, 5.41) is 13.8. The molecule has 5 nitrogen and oxygen atoms in total. The van der Waals surface area contributed by atoms with E-state index in [0.29, 0.717) is 13.0 Å². The lowest BCUT2D eigenvalue weighted by Crippen LogP contribution is -2.48. The summed E-state index contributed by atoms with van der Waals surface area (Å²) in [6.45, 7) is 2.43. The monoisotopic (exact) mass is 250 g/mol. The second-order valence-corrected chi connectivity index (χ2v) is 4.09. The van der Waals surface area contributed by atoms with E-state index in [9.17, 15) is 9.59 Å². The van der Waals surface area contributed by atoms with Crippen LogP contribution in [0.2, 0.25) is 0 Å². The molecule has 1 atom stereocenters. The number of carboxylic acid groups (broad SMARTS) is 1. The van der Waals surface area contributed by atoms with Crippen LogP contribution in [0.4, 0.5) is 0 Å². The van der Waals surface area contributed by atoms with E-state index in [1.165, 1.54) is 12.6 Å². The molecule has 0 heterocycles. The number of carbonyl (C=O) groups is 2. The van der Waals surface area contributed by atoms with Crippen LogP contribution in [0, 0.1) is 6.92 Å². The lowest BCUT2D eigenvalue weighted by atomic mass is 10.1. The first-order valence-corrected chi connectivity index (χ1v) is 5.78. The Morgan fingerprint density at radius 2 is 1.89 bits per heavy atom. The number of nitrogens with one attached hydrogen (secondary N) is 2. The molecule has 0 bridgehead atoms. The molecule has 0 aliphatic rings. The van der Waals surface area contributed by atoms with E-state index in [-0.39, 0.29) is 0 Å². The van der Waals surface area contributed by atoms with Crippen molar-refractivity contribution < 1.29 is 14.7 Å². The SMILES string of the molecule is CNC(C(=O)O)C(=O)NCCc1ccc(C)cc1. The summed E-state index contributed by atoms with van der Waals surface area (Å²) in [6, 6.07) is 6.81. The zero-order valence-electron chi connectivity index (χ0n) is 10.6. The first-order chi connectivity index (χ1) is 8.54. The van der Waals surface area contributed by atoms with E-state index in [1.807, 2.05) is 31.2 Å². The van der Waals surface area contributed by atoms with Crippen molar-refractivity contribution in [3.8, 4) is 0 Å². The van der Waals surface area contributed by atoms with Gasteiger partial charge < -0.3 is 10.4 Å². The number of hydrogen-bond acceptors (Lipinski definition) is 3. The number of amides is 1. The maximum absolute atomic E-state index is 11.5. The Bertz CT molecular complexity index is 415. The van der Waals surface area contributed by atoms with Crippen LogP contribution >= 0.6 is 0 Å². The highest BCUT2D eigenvalue weighted by Gasteiger charge is 2.23. The van der Waals surface area contributed by atoms with Crippen molar-refractivity contribution in [3.05, 3.63) is 35.4 Å². The van der Waals surface area contributed by atoms with Crippen LogP contribution in [0.25, 0.3) is 0 Å². The Balaban J connectivity index is 2.39. The zero-order valence-corrected chi connectivity index (χ0v) is 10.6. The fourth-order valence-corrected chi connectivity index (χ4v) is 1.55. The topological polar surface area (TPSA) is 78.4 Å². The molecule has 0 saturated heterocycles. The van der Waals surface area contributed by atoms with Crippen molar-refractivity contribution in [1.29, 1.82) is 0 Å². The summed E-state index contributed by atoms with van der Waals surface area (Å²) in [5.41, 5.74) is 2.29. The first-order valence-electron chi connectivity index (χ1n) is 5.78. The quantitative estimate of drug-likeness (QED) is 0.636. The van der Waals surface area contributed by atoms with Gasteiger partial charge >= 0.3 is 5.97 Å². The number of aryl methyl sites for hydroxylation is 1. The van der Waals surface area contributed by atoms with Gasteiger partial charge in [-0.3, -0.25) is 10.1 Å². The summed E-state index contributed by atoms with van der Waals surface area (Å²) in [5.74, 6) is -1.69. The van der Waals surface area contributed by atoms with Crippen LogP contribution < -0.4 is 10.6 Å². The van der Waals surface area contributed by atoms with Crippen LogP contribution in [0.3, 0.4) is 0 Å². The Morgan fingerprint density at radius 3 is 2.39 bits per heavy atom. The highest BCUT2D eigenvalue weighted by Crippen LogP contribution is 2.03. The van der Waals surface area contributed by atoms with Gasteiger partial charge in [0.25, 0.3) is 0 Å². The minimum absolute atomic E-state index is 0.424. The van der Waals surface area contributed by atoms with Crippen LogP contribution in [0.15, 0.2) is 24.3 Å². The molecule has 0 spiro atoms. The lowest BCUT2D eigenvalue weighted by Gasteiger charge is -2.11.